The molecule has 146 valence electrons. The van der Waals surface area contributed by atoms with Crippen LogP contribution in [0.1, 0.15) is 15.9 Å². The molecule has 2 rings (SSSR count). The van der Waals surface area contributed by atoms with E-state index < -0.39 is 10.1 Å². The normalized spacial score (nSPS) is 11.3. The Kier molecular flexibility index (Phi) is 7.49. The molecule has 1 amide bonds. The van der Waals surface area contributed by atoms with Crippen LogP contribution >= 0.6 is 23.2 Å². The van der Waals surface area contributed by atoms with Crippen molar-refractivity contribution < 1.29 is 22.1 Å². The number of carbonyl (C=O) groups excluding carboxylic acids is 1. The van der Waals surface area contributed by atoms with Crippen LogP contribution in [0.25, 0.3) is 0 Å². The van der Waals surface area contributed by atoms with Gasteiger partial charge in [0.1, 0.15) is 5.75 Å². The third-order valence-electron chi connectivity index (χ3n) is 3.53. The van der Waals surface area contributed by atoms with E-state index in [1.165, 1.54) is 12.1 Å². The minimum atomic E-state index is -3.64. The molecule has 0 N–H and O–H groups in total. The summed E-state index contributed by atoms with van der Waals surface area (Å²) in [5.41, 5.74) is 1.02. The van der Waals surface area contributed by atoms with Crippen molar-refractivity contribution >= 4 is 39.2 Å². The lowest BCUT2D eigenvalue weighted by Gasteiger charge is -2.23. The largest absolute Gasteiger partial charge is 0.383 e. The molecule has 0 atom stereocenters. The van der Waals surface area contributed by atoms with Crippen molar-refractivity contribution in [3.05, 3.63) is 63.6 Å². The van der Waals surface area contributed by atoms with Gasteiger partial charge in [0.2, 0.25) is 0 Å². The predicted octanol–water partition coefficient (Wildman–Crippen LogP) is 3.62. The third-order valence-corrected chi connectivity index (χ3v) is 4.58. The number of hydrogen-bond acceptors (Lipinski definition) is 5. The molecule has 0 spiro atoms. The first-order valence-corrected chi connectivity index (χ1v) is 10.5. The second-order valence-corrected chi connectivity index (χ2v) is 8.20. The fourth-order valence-corrected chi connectivity index (χ4v) is 3.32. The number of carbonyl (C=O) groups is 1. The highest BCUT2D eigenvalue weighted by atomic mass is 35.5. The van der Waals surface area contributed by atoms with Crippen LogP contribution in [0.4, 0.5) is 0 Å². The van der Waals surface area contributed by atoms with E-state index in [0.717, 1.165) is 6.26 Å². The number of benzene rings is 2. The molecule has 0 aliphatic carbocycles. The summed E-state index contributed by atoms with van der Waals surface area (Å²) < 4.78 is 32.6. The van der Waals surface area contributed by atoms with Gasteiger partial charge in [-0.25, -0.2) is 0 Å². The molecule has 0 unspecified atom stereocenters. The number of halogens is 2. The lowest BCUT2D eigenvalue weighted by molar-refractivity contribution is 0.0680. The van der Waals surface area contributed by atoms with Gasteiger partial charge in [0.05, 0.1) is 23.4 Å². The van der Waals surface area contributed by atoms with Crippen LogP contribution in [0.5, 0.6) is 5.75 Å². The Hall–Kier alpha value is -1.80. The van der Waals surface area contributed by atoms with E-state index in [0.29, 0.717) is 29.3 Å². The lowest BCUT2D eigenvalue weighted by atomic mass is 10.1. The van der Waals surface area contributed by atoms with Crippen LogP contribution < -0.4 is 4.18 Å². The molecule has 0 fully saturated rings. The molecule has 0 bridgehead atoms. The van der Waals surface area contributed by atoms with Gasteiger partial charge in [0, 0.05) is 25.2 Å². The van der Waals surface area contributed by atoms with Gasteiger partial charge in [0.15, 0.2) is 0 Å². The molecule has 0 aromatic heterocycles. The molecular formula is C18H19Cl2NO5S. The van der Waals surface area contributed by atoms with Crippen molar-refractivity contribution in [1.29, 1.82) is 0 Å². The number of amides is 1. The van der Waals surface area contributed by atoms with Gasteiger partial charge >= 0.3 is 10.1 Å². The van der Waals surface area contributed by atoms with Gasteiger partial charge < -0.3 is 13.8 Å². The fraction of sp³-hybridized carbons (Fsp3) is 0.278. The Morgan fingerprint density at radius 1 is 1.15 bits per heavy atom. The molecule has 2 aromatic carbocycles. The predicted molar refractivity (Wildman–Crippen MR) is 105 cm³/mol. The maximum atomic E-state index is 12.9. The highest BCUT2D eigenvalue weighted by Crippen LogP contribution is 2.23. The Morgan fingerprint density at radius 2 is 1.89 bits per heavy atom. The van der Waals surface area contributed by atoms with Crippen LogP contribution in [0.3, 0.4) is 0 Å². The van der Waals surface area contributed by atoms with Crippen LogP contribution in [-0.4, -0.2) is 45.7 Å². The summed E-state index contributed by atoms with van der Waals surface area (Å²) in [7, 11) is -2.10. The van der Waals surface area contributed by atoms with Crippen molar-refractivity contribution in [2.24, 2.45) is 0 Å². The van der Waals surface area contributed by atoms with Crippen LogP contribution in [0.2, 0.25) is 10.0 Å². The van der Waals surface area contributed by atoms with Crippen LogP contribution in [0, 0.1) is 0 Å². The second kappa shape index (κ2) is 9.41. The van der Waals surface area contributed by atoms with Crippen molar-refractivity contribution in [3.8, 4) is 5.75 Å². The number of methoxy groups -OCH3 is 1. The first-order chi connectivity index (χ1) is 12.7. The zero-order valence-electron chi connectivity index (χ0n) is 14.8. The topological polar surface area (TPSA) is 72.9 Å². The molecule has 0 saturated heterocycles. The Balaban J connectivity index is 2.26. The maximum Gasteiger partial charge on any atom is 0.306 e. The standard InChI is InChI=1S/C18H19Cl2NO5S/c1-25-9-8-21(18(22)16-7-6-14(19)11-17(16)20)12-13-4-3-5-15(10-13)26-27(2,23)24/h3-7,10-11H,8-9,12H2,1-2H3. The van der Waals surface area contributed by atoms with Gasteiger partial charge in [-0.2, -0.15) is 8.42 Å². The van der Waals surface area contributed by atoms with Crippen molar-refractivity contribution in [1.82, 2.24) is 4.90 Å². The van der Waals surface area contributed by atoms with Gasteiger partial charge in [-0.15, -0.1) is 0 Å². The third kappa shape index (κ3) is 6.70. The van der Waals surface area contributed by atoms with Gasteiger partial charge in [-0.1, -0.05) is 35.3 Å². The van der Waals surface area contributed by atoms with E-state index in [9.17, 15) is 13.2 Å². The van der Waals surface area contributed by atoms with Crippen molar-refractivity contribution in [2.45, 2.75) is 6.54 Å². The molecule has 0 aliphatic heterocycles. The highest BCUT2D eigenvalue weighted by molar-refractivity contribution is 7.86. The maximum absolute atomic E-state index is 12.9. The molecule has 27 heavy (non-hydrogen) atoms. The minimum absolute atomic E-state index is 0.179. The number of ether oxygens (including phenoxy) is 1. The van der Waals surface area contributed by atoms with E-state index in [-0.39, 0.29) is 23.2 Å². The van der Waals surface area contributed by atoms with E-state index in [1.54, 1.807) is 42.3 Å². The summed E-state index contributed by atoms with van der Waals surface area (Å²) in [5, 5.41) is 0.690. The molecule has 6 nitrogen and oxygen atoms in total. The monoisotopic (exact) mass is 431 g/mol. The minimum Gasteiger partial charge on any atom is -0.383 e. The highest BCUT2D eigenvalue weighted by Gasteiger charge is 2.19. The lowest BCUT2D eigenvalue weighted by Crippen LogP contribution is -2.33. The molecule has 2 aromatic rings. The van der Waals surface area contributed by atoms with E-state index in [2.05, 4.69) is 0 Å². The van der Waals surface area contributed by atoms with Crippen molar-refractivity contribution in [3.63, 3.8) is 0 Å². The summed E-state index contributed by atoms with van der Waals surface area (Å²) in [6, 6.07) is 11.2. The fourth-order valence-electron chi connectivity index (χ4n) is 2.38. The molecule has 0 aliphatic rings. The van der Waals surface area contributed by atoms with Gasteiger partial charge in [-0.05, 0) is 35.9 Å². The van der Waals surface area contributed by atoms with E-state index in [4.69, 9.17) is 32.1 Å². The zero-order chi connectivity index (χ0) is 20.0. The first-order valence-electron chi connectivity index (χ1n) is 7.91. The van der Waals surface area contributed by atoms with Gasteiger partial charge in [-0.3, -0.25) is 4.79 Å². The van der Waals surface area contributed by atoms with E-state index >= 15 is 0 Å². The van der Waals surface area contributed by atoms with Crippen LogP contribution in [0.15, 0.2) is 42.5 Å². The zero-order valence-corrected chi connectivity index (χ0v) is 17.1. The number of nitrogens with zero attached hydrogens (tertiary/aromatic N) is 1. The first kappa shape index (κ1) is 21.5. The SMILES string of the molecule is COCCN(Cc1cccc(OS(C)(=O)=O)c1)C(=O)c1ccc(Cl)cc1Cl. The Bertz CT molecular complexity index is 918. The van der Waals surface area contributed by atoms with Gasteiger partial charge in [0.25, 0.3) is 5.91 Å². The number of hydrogen-bond donors (Lipinski definition) is 0. The summed E-state index contributed by atoms with van der Waals surface area (Å²) in [6.07, 6.45) is 0.969. The summed E-state index contributed by atoms with van der Waals surface area (Å²) in [4.78, 5) is 14.5. The molecule has 0 radical (unpaired) electrons. The van der Waals surface area contributed by atoms with Crippen molar-refractivity contribution in [2.75, 3.05) is 26.5 Å². The summed E-state index contributed by atoms with van der Waals surface area (Å²) >= 11 is 12.0. The average molecular weight is 432 g/mol. The average Bonchev–Trinajstić information content (AvgIpc) is 2.57. The second-order valence-electron chi connectivity index (χ2n) is 5.78. The van der Waals surface area contributed by atoms with E-state index in [1.807, 2.05) is 0 Å². The number of rotatable bonds is 8. The Labute approximate surface area is 168 Å². The smallest absolute Gasteiger partial charge is 0.306 e. The molecule has 0 heterocycles. The summed E-state index contributed by atoms with van der Waals surface area (Å²) in [5.74, 6) is -0.109. The molecular weight excluding hydrogens is 413 g/mol. The molecule has 9 heteroatoms. The summed E-state index contributed by atoms with van der Waals surface area (Å²) in [6.45, 7) is 0.879. The molecule has 0 saturated carbocycles. The quantitative estimate of drug-likeness (QED) is 0.596. The van der Waals surface area contributed by atoms with Crippen LogP contribution in [-0.2, 0) is 21.4 Å². The Morgan fingerprint density at radius 3 is 2.52 bits per heavy atom.